The van der Waals surface area contributed by atoms with Gasteiger partial charge < -0.3 is 67.0 Å². The Hall–Kier alpha value is -4.76. The molecule has 0 saturated carbocycles. The van der Waals surface area contributed by atoms with E-state index in [2.05, 4.69) is 36.3 Å². The molecule has 3 aromatic carbocycles. The van der Waals surface area contributed by atoms with Crippen molar-refractivity contribution in [3.63, 3.8) is 0 Å². The van der Waals surface area contributed by atoms with Crippen molar-refractivity contribution in [3.8, 4) is 16.9 Å². The highest BCUT2D eigenvalue weighted by atomic mass is 16.6. The summed E-state index contributed by atoms with van der Waals surface area (Å²) in [5.41, 5.74) is 5.13. The number of amides is 1. The van der Waals surface area contributed by atoms with Crippen molar-refractivity contribution < 1.29 is 71.2 Å². The first-order chi connectivity index (χ1) is 38.2. The number of hydrogen-bond acceptors (Lipinski definition) is 16. The van der Waals surface area contributed by atoms with Gasteiger partial charge in [-0.15, -0.1) is 0 Å². The topological polar surface area (TPSA) is 187 Å². The number of nitrogens with one attached hydrogen (secondary N) is 1. The van der Waals surface area contributed by atoms with Crippen molar-refractivity contribution >= 4 is 28.2 Å². The molecule has 1 heterocycles. The van der Waals surface area contributed by atoms with E-state index in [-0.39, 0.29) is 42.8 Å². The van der Waals surface area contributed by atoms with Gasteiger partial charge in [-0.2, -0.15) is 0 Å². The molecular formula is C61H90N2O15. The standard InChI is InChI=1S/C61H90N2O15/c1-49(2)20-22-67-23-24-68-25-26-69-27-28-70-29-30-71-31-32-72-33-34-73-35-36-74-37-38-75-39-40-76-41-42-77-43-44-78-60-18-17-57(58-10-6-7-11-59(58)60)53-15-13-52(14-16-53)54(46-51(4)64)47-56(65)48-63-61(66)12-8-5-9-55-45-50(3)19-21-62-55/h6-7,10-11,13-19,21,45,49,54H,5,8-9,12,20,22-44,46-48H2,1-4H3,(H,63,66)/t54-/m1/s1. The van der Waals surface area contributed by atoms with E-state index in [4.69, 9.17) is 56.8 Å². The second-order valence-electron chi connectivity index (χ2n) is 19.2. The van der Waals surface area contributed by atoms with Crippen LogP contribution in [-0.4, -0.2) is 181 Å². The van der Waals surface area contributed by atoms with Crippen molar-refractivity contribution in [2.75, 3.05) is 159 Å². The van der Waals surface area contributed by atoms with Crippen molar-refractivity contribution in [3.05, 3.63) is 95.8 Å². The second kappa shape index (κ2) is 43.1. The molecule has 0 aliphatic rings. The summed E-state index contributed by atoms with van der Waals surface area (Å²) in [6.45, 7) is 19.5. The third-order valence-electron chi connectivity index (χ3n) is 12.2. The number of hydrogen-bond donors (Lipinski definition) is 1. The Balaban J connectivity index is 0.944. The van der Waals surface area contributed by atoms with Gasteiger partial charge in [0.05, 0.1) is 145 Å². The van der Waals surface area contributed by atoms with Gasteiger partial charge in [-0.1, -0.05) is 68.4 Å². The normalized spacial score (nSPS) is 11.9. The fourth-order valence-corrected chi connectivity index (χ4v) is 8.03. The predicted octanol–water partition coefficient (Wildman–Crippen LogP) is 8.37. The van der Waals surface area contributed by atoms with Crippen LogP contribution in [0.1, 0.15) is 82.0 Å². The summed E-state index contributed by atoms with van der Waals surface area (Å²) in [6, 6.07) is 24.2. The molecule has 1 aromatic heterocycles. The van der Waals surface area contributed by atoms with Crippen LogP contribution in [0.5, 0.6) is 5.75 Å². The Kier molecular flexibility index (Phi) is 36.3. The quantitative estimate of drug-likeness (QED) is 0.0415. The van der Waals surface area contributed by atoms with Crippen molar-refractivity contribution in [2.45, 2.75) is 78.6 Å². The number of ether oxygens (including phenoxy) is 12. The summed E-state index contributed by atoms with van der Waals surface area (Å²) in [5.74, 6) is 0.881. The van der Waals surface area contributed by atoms with Gasteiger partial charge in [-0.3, -0.25) is 14.6 Å². The first-order valence-electron chi connectivity index (χ1n) is 28.0. The largest absolute Gasteiger partial charge is 0.491 e. The van der Waals surface area contributed by atoms with Gasteiger partial charge in [0.25, 0.3) is 0 Å². The SMILES string of the molecule is CC(=O)C[C@H](CC(=O)CNC(=O)CCCCc1cc(C)ccn1)c1ccc(-c2ccc(OCCOCCOCCOCCOCCOCCOCCOCCOCCOCCOCCOCCC(C)C)c3ccccc23)cc1. The van der Waals surface area contributed by atoms with E-state index >= 15 is 0 Å². The molecule has 4 rings (SSSR count). The highest BCUT2D eigenvalue weighted by Crippen LogP contribution is 2.36. The highest BCUT2D eigenvalue weighted by molar-refractivity contribution is 6.00. The number of aromatic nitrogens is 1. The Labute approximate surface area is 463 Å². The lowest BCUT2D eigenvalue weighted by molar-refractivity contribution is -0.125. The number of ketones is 2. The van der Waals surface area contributed by atoms with Crippen molar-refractivity contribution in [1.29, 1.82) is 0 Å². The van der Waals surface area contributed by atoms with Gasteiger partial charge >= 0.3 is 0 Å². The summed E-state index contributed by atoms with van der Waals surface area (Å²) in [7, 11) is 0. The lowest BCUT2D eigenvalue weighted by Crippen LogP contribution is -2.30. The van der Waals surface area contributed by atoms with Gasteiger partial charge in [-0.05, 0) is 97.2 Å². The third kappa shape index (κ3) is 31.1. The maximum Gasteiger partial charge on any atom is 0.220 e. The number of carbonyl (C=O) groups is 3. The number of nitrogens with zero attached hydrogens (tertiary/aromatic N) is 1. The summed E-state index contributed by atoms with van der Waals surface area (Å²) >= 11 is 0. The van der Waals surface area contributed by atoms with E-state index in [9.17, 15) is 14.4 Å². The highest BCUT2D eigenvalue weighted by Gasteiger charge is 2.19. The summed E-state index contributed by atoms with van der Waals surface area (Å²) in [5, 5.41) is 4.80. The summed E-state index contributed by atoms with van der Waals surface area (Å²) < 4.78 is 67.3. The van der Waals surface area contributed by atoms with Crippen LogP contribution in [0.15, 0.2) is 79.0 Å². The predicted molar refractivity (Wildman–Crippen MR) is 301 cm³/mol. The minimum absolute atomic E-state index is 0.00473. The molecule has 0 spiro atoms. The Morgan fingerprint density at radius 2 is 1.00 bits per heavy atom. The van der Waals surface area contributed by atoms with Gasteiger partial charge in [0, 0.05) is 43.1 Å². The number of aryl methyl sites for hydroxylation is 2. The van der Waals surface area contributed by atoms with Gasteiger partial charge in [0.15, 0.2) is 5.78 Å². The molecular weight excluding hydrogens is 1000 g/mol. The molecule has 1 amide bonds. The van der Waals surface area contributed by atoms with E-state index in [0.29, 0.717) is 164 Å². The molecule has 78 heavy (non-hydrogen) atoms. The fourth-order valence-electron chi connectivity index (χ4n) is 8.03. The molecule has 4 aromatic rings. The summed E-state index contributed by atoms with van der Waals surface area (Å²) in [4.78, 5) is 42.2. The molecule has 0 radical (unpaired) electrons. The number of fused-ring (bicyclic) bond motifs is 1. The minimum atomic E-state index is -0.286. The fraction of sp³-hybridized carbons (Fsp3) is 0.607. The molecule has 17 nitrogen and oxygen atoms in total. The number of Topliss-reactive ketones (excluding diaryl/α,β-unsaturated/α-hetero) is 2. The van der Waals surface area contributed by atoms with Crippen LogP contribution in [0.25, 0.3) is 21.9 Å². The molecule has 0 saturated heterocycles. The van der Waals surface area contributed by atoms with Crippen molar-refractivity contribution in [2.24, 2.45) is 5.92 Å². The molecule has 0 unspecified atom stereocenters. The molecule has 17 heteroatoms. The lowest BCUT2D eigenvalue weighted by Gasteiger charge is -2.17. The van der Waals surface area contributed by atoms with Crippen LogP contribution in [0.4, 0.5) is 0 Å². The van der Waals surface area contributed by atoms with Gasteiger partial charge in [-0.25, -0.2) is 0 Å². The average molecular weight is 1090 g/mol. The van der Waals surface area contributed by atoms with Crippen LogP contribution in [-0.2, 0) is 72.9 Å². The number of carbonyl (C=O) groups excluding carboxylic acids is 3. The van der Waals surface area contributed by atoms with E-state index in [1.807, 2.05) is 67.6 Å². The lowest BCUT2D eigenvalue weighted by atomic mass is 9.88. The van der Waals surface area contributed by atoms with E-state index in [1.165, 1.54) is 5.56 Å². The maximum atomic E-state index is 13.1. The molecule has 0 bridgehead atoms. The van der Waals surface area contributed by atoms with Crippen molar-refractivity contribution in [1.82, 2.24) is 10.3 Å². The van der Waals surface area contributed by atoms with Crippen LogP contribution in [0.2, 0.25) is 0 Å². The molecule has 0 aliphatic heterocycles. The summed E-state index contributed by atoms with van der Waals surface area (Å²) in [6.07, 6.45) is 5.99. The second-order valence-corrected chi connectivity index (χ2v) is 19.2. The molecule has 0 fully saturated rings. The van der Waals surface area contributed by atoms with Gasteiger partial charge in [0.1, 0.15) is 18.1 Å². The Bertz CT molecular complexity index is 2190. The van der Waals surface area contributed by atoms with E-state index in [1.54, 1.807) is 13.1 Å². The van der Waals surface area contributed by atoms with E-state index in [0.717, 1.165) is 64.8 Å². The molecule has 434 valence electrons. The third-order valence-corrected chi connectivity index (χ3v) is 12.2. The smallest absolute Gasteiger partial charge is 0.220 e. The van der Waals surface area contributed by atoms with Crippen LogP contribution < -0.4 is 10.1 Å². The number of unbranched alkanes of at least 4 members (excludes halogenated alkanes) is 1. The number of rotatable bonds is 50. The van der Waals surface area contributed by atoms with Crippen LogP contribution >= 0.6 is 0 Å². The first kappa shape index (κ1) is 65.8. The van der Waals surface area contributed by atoms with Crippen LogP contribution in [0.3, 0.4) is 0 Å². The monoisotopic (exact) mass is 1090 g/mol. The van der Waals surface area contributed by atoms with E-state index < -0.39 is 0 Å². The zero-order chi connectivity index (χ0) is 55.5. The zero-order valence-corrected chi connectivity index (χ0v) is 47.2. The Morgan fingerprint density at radius 1 is 0.526 bits per heavy atom. The van der Waals surface area contributed by atoms with Crippen LogP contribution in [0, 0.1) is 12.8 Å². The molecule has 0 aliphatic carbocycles. The average Bonchev–Trinajstić information content (AvgIpc) is 3.46. The number of pyridine rings is 1. The van der Waals surface area contributed by atoms with Gasteiger partial charge in [0.2, 0.25) is 5.91 Å². The minimum Gasteiger partial charge on any atom is -0.491 e. The zero-order valence-electron chi connectivity index (χ0n) is 47.2. The molecule has 1 N–H and O–H groups in total. The first-order valence-corrected chi connectivity index (χ1v) is 28.0. The number of benzene rings is 3. The maximum absolute atomic E-state index is 13.1. The molecule has 1 atom stereocenters. The Morgan fingerprint density at radius 3 is 1.47 bits per heavy atom.